The van der Waals surface area contributed by atoms with Gasteiger partial charge in [-0.15, -0.1) is 0 Å². The molecule has 100 valence electrons. The number of hydrogen-bond donors (Lipinski definition) is 1. The lowest BCUT2D eigenvalue weighted by atomic mass is 10.1. The highest BCUT2D eigenvalue weighted by atomic mass is 32.2. The van der Waals surface area contributed by atoms with Gasteiger partial charge in [-0.25, -0.2) is 4.79 Å². The Kier molecular flexibility index (Phi) is 5.47. The van der Waals surface area contributed by atoms with Crippen LogP contribution in [0.1, 0.15) is 34.5 Å². The first-order valence-electron chi connectivity index (χ1n) is 5.92. The van der Waals surface area contributed by atoms with Crippen molar-refractivity contribution in [3.63, 3.8) is 0 Å². The van der Waals surface area contributed by atoms with Crippen LogP contribution < -0.4 is 5.56 Å². The molecule has 0 unspecified atom stereocenters. The van der Waals surface area contributed by atoms with Crippen LogP contribution in [-0.4, -0.2) is 27.7 Å². The fourth-order valence-electron chi connectivity index (χ4n) is 2.04. The number of nitrogens with zero attached hydrogens (tertiary/aromatic N) is 1. The number of carboxylic acids is 1. The first-order valence-corrected chi connectivity index (χ1v) is 7.31. The zero-order chi connectivity index (χ0) is 13.7. The van der Waals surface area contributed by atoms with Crippen LogP contribution in [0.5, 0.6) is 0 Å². The van der Waals surface area contributed by atoms with Gasteiger partial charge in [0.2, 0.25) is 0 Å². The van der Waals surface area contributed by atoms with E-state index in [0.717, 1.165) is 18.6 Å². The summed E-state index contributed by atoms with van der Waals surface area (Å²) in [5.74, 6) is 0.0914. The lowest BCUT2D eigenvalue weighted by Crippen LogP contribution is -2.25. The van der Waals surface area contributed by atoms with Gasteiger partial charge in [0.15, 0.2) is 0 Å². The maximum atomic E-state index is 11.9. The van der Waals surface area contributed by atoms with Crippen molar-refractivity contribution in [3.05, 3.63) is 33.2 Å². The van der Waals surface area contributed by atoms with E-state index in [9.17, 15) is 9.59 Å². The largest absolute Gasteiger partial charge is 0.478 e. The molecule has 0 saturated heterocycles. The summed E-state index contributed by atoms with van der Waals surface area (Å²) in [5.41, 5.74) is 1.22. The Morgan fingerprint density at radius 3 is 2.61 bits per heavy atom. The van der Waals surface area contributed by atoms with Crippen LogP contribution in [0, 0.1) is 13.8 Å². The number of hydrogen-bond acceptors (Lipinski definition) is 3. The van der Waals surface area contributed by atoms with Crippen LogP contribution in [-0.2, 0) is 6.54 Å². The summed E-state index contributed by atoms with van der Waals surface area (Å²) in [4.78, 5) is 23.0. The van der Waals surface area contributed by atoms with Crippen molar-refractivity contribution in [2.24, 2.45) is 0 Å². The fraction of sp³-hybridized carbons (Fsp3) is 0.538. The normalized spacial score (nSPS) is 10.6. The third-order valence-electron chi connectivity index (χ3n) is 2.96. The van der Waals surface area contributed by atoms with Gasteiger partial charge in [-0.2, -0.15) is 11.8 Å². The highest BCUT2D eigenvalue weighted by Crippen LogP contribution is 2.12. The number of rotatable bonds is 6. The lowest BCUT2D eigenvalue weighted by Gasteiger charge is -2.13. The zero-order valence-electron chi connectivity index (χ0n) is 11.0. The maximum Gasteiger partial charge on any atom is 0.337 e. The van der Waals surface area contributed by atoms with E-state index in [0.29, 0.717) is 17.8 Å². The molecular formula is C13H19NO3S. The molecule has 1 aromatic rings. The minimum absolute atomic E-state index is 0.112. The highest BCUT2D eigenvalue weighted by molar-refractivity contribution is 7.98. The van der Waals surface area contributed by atoms with Crippen LogP contribution in [0.15, 0.2) is 10.9 Å². The van der Waals surface area contributed by atoms with E-state index in [2.05, 4.69) is 0 Å². The summed E-state index contributed by atoms with van der Waals surface area (Å²) in [5, 5.41) is 9.15. The quantitative estimate of drug-likeness (QED) is 0.805. The molecule has 0 saturated carbocycles. The summed E-state index contributed by atoms with van der Waals surface area (Å²) in [6.45, 7) is 3.95. The van der Waals surface area contributed by atoms with E-state index in [1.165, 1.54) is 6.07 Å². The van der Waals surface area contributed by atoms with Crippen molar-refractivity contribution >= 4 is 17.7 Å². The second-order valence-electron chi connectivity index (χ2n) is 4.28. The highest BCUT2D eigenvalue weighted by Gasteiger charge is 2.15. The number of aromatic carboxylic acids is 1. The molecule has 1 aromatic heterocycles. The second kappa shape index (κ2) is 6.64. The van der Waals surface area contributed by atoms with E-state index in [-0.39, 0.29) is 11.1 Å². The molecule has 0 bridgehead atoms. The second-order valence-corrected chi connectivity index (χ2v) is 5.27. The molecule has 0 radical (unpaired) electrons. The van der Waals surface area contributed by atoms with Crippen molar-refractivity contribution < 1.29 is 9.90 Å². The Morgan fingerprint density at radius 2 is 2.06 bits per heavy atom. The Hall–Kier alpha value is -1.23. The number of carbonyl (C=O) groups is 1. The van der Waals surface area contributed by atoms with Crippen molar-refractivity contribution in [2.75, 3.05) is 12.0 Å². The van der Waals surface area contributed by atoms with E-state index in [1.54, 1.807) is 30.2 Å². The Balaban J connectivity index is 3.01. The average Bonchev–Trinajstić information content (AvgIpc) is 2.26. The molecule has 1 heterocycles. The smallest absolute Gasteiger partial charge is 0.337 e. The van der Waals surface area contributed by atoms with Gasteiger partial charge in [0.25, 0.3) is 5.56 Å². The molecule has 1 rings (SSSR count). The Labute approximate surface area is 111 Å². The van der Waals surface area contributed by atoms with E-state index < -0.39 is 5.97 Å². The number of aryl methyl sites for hydroxylation is 1. The van der Waals surface area contributed by atoms with Crippen LogP contribution in [0.2, 0.25) is 0 Å². The molecular weight excluding hydrogens is 250 g/mol. The SMILES string of the molecule is CSCCCCn1c(C)c(C(=O)O)c(C)cc1=O. The third-order valence-corrected chi connectivity index (χ3v) is 3.66. The zero-order valence-corrected chi connectivity index (χ0v) is 11.8. The summed E-state index contributed by atoms with van der Waals surface area (Å²) in [7, 11) is 0. The van der Waals surface area contributed by atoms with Gasteiger partial charge >= 0.3 is 5.97 Å². The van der Waals surface area contributed by atoms with Gasteiger partial charge in [-0.1, -0.05) is 0 Å². The molecule has 0 aliphatic carbocycles. The van der Waals surface area contributed by atoms with E-state index in [1.807, 2.05) is 6.26 Å². The lowest BCUT2D eigenvalue weighted by molar-refractivity contribution is 0.0694. The van der Waals surface area contributed by atoms with Gasteiger partial charge in [0.1, 0.15) is 0 Å². The molecule has 4 nitrogen and oxygen atoms in total. The van der Waals surface area contributed by atoms with E-state index in [4.69, 9.17) is 5.11 Å². The Morgan fingerprint density at radius 1 is 1.39 bits per heavy atom. The van der Waals surface area contributed by atoms with Crippen molar-refractivity contribution in [3.8, 4) is 0 Å². The third kappa shape index (κ3) is 3.38. The number of carboxylic acid groups (broad SMARTS) is 1. The van der Waals surface area contributed by atoms with Crippen molar-refractivity contribution in [2.45, 2.75) is 33.2 Å². The first kappa shape index (κ1) is 14.8. The molecule has 1 N–H and O–H groups in total. The maximum absolute atomic E-state index is 11.9. The molecule has 0 spiro atoms. The topological polar surface area (TPSA) is 59.3 Å². The average molecular weight is 269 g/mol. The minimum Gasteiger partial charge on any atom is -0.478 e. The van der Waals surface area contributed by atoms with Crippen molar-refractivity contribution in [1.82, 2.24) is 4.57 Å². The molecule has 5 heteroatoms. The number of pyridine rings is 1. The summed E-state index contributed by atoms with van der Waals surface area (Å²) in [6.07, 6.45) is 3.97. The predicted molar refractivity (Wildman–Crippen MR) is 74.8 cm³/mol. The van der Waals surface area contributed by atoms with Gasteiger partial charge in [0.05, 0.1) is 5.56 Å². The van der Waals surface area contributed by atoms with Crippen LogP contribution in [0.3, 0.4) is 0 Å². The minimum atomic E-state index is -0.970. The molecule has 18 heavy (non-hydrogen) atoms. The molecule has 0 amide bonds. The fourth-order valence-corrected chi connectivity index (χ4v) is 2.53. The summed E-state index contributed by atoms with van der Waals surface area (Å²) >= 11 is 1.77. The van der Waals surface area contributed by atoms with Gasteiger partial charge in [-0.3, -0.25) is 4.79 Å². The summed E-state index contributed by atoms with van der Waals surface area (Å²) < 4.78 is 1.57. The number of aromatic nitrogens is 1. The van der Waals surface area contributed by atoms with Gasteiger partial charge in [-0.05, 0) is 44.3 Å². The van der Waals surface area contributed by atoms with Gasteiger partial charge < -0.3 is 9.67 Å². The van der Waals surface area contributed by atoms with Crippen LogP contribution in [0.25, 0.3) is 0 Å². The molecule has 0 aliphatic heterocycles. The molecule has 0 aromatic carbocycles. The van der Waals surface area contributed by atoms with Crippen LogP contribution in [0.4, 0.5) is 0 Å². The summed E-state index contributed by atoms with van der Waals surface area (Å²) in [6, 6.07) is 1.41. The molecule has 0 aliphatic rings. The first-order chi connectivity index (χ1) is 8.49. The van der Waals surface area contributed by atoms with E-state index >= 15 is 0 Å². The monoisotopic (exact) mass is 269 g/mol. The van der Waals surface area contributed by atoms with Crippen molar-refractivity contribution in [1.29, 1.82) is 0 Å². The van der Waals surface area contributed by atoms with Crippen LogP contribution >= 0.6 is 11.8 Å². The number of unbranched alkanes of at least 4 members (excludes halogenated alkanes) is 1. The molecule has 0 atom stereocenters. The predicted octanol–water partition coefficient (Wildman–Crippen LogP) is 2.31. The molecule has 0 fully saturated rings. The standard InChI is InChI=1S/C13H19NO3S/c1-9-8-11(15)14(6-4-5-7-18-3)10(2)12(9)13(16)17/h8H,4-7H2,1-3H3,(H,16,17). The Bertz CT molecular complexity index is 494. The van der Waals surface area contributed by atoms with Gasteiger partial charge in [0, 0.05) is 18.3 Å². The number of thioether (sulfide) groups is 1.